The molecular formula is C13H20N6O2. The van der Waals surface area contributed by atoms with Crippen LogP contribution in [0.5, 0.6) is 0 Å². The van der Waals surface area contributed by atoms with Gasteiger partial charge in [0.15, 0.2) is 5.65 Å². The quantitative estimate of drug-likeness (QED) is 0.801. The molecule has 2 aromatic rings. The topological polar surface area (TPSA) is 94.0 Å². The molecule has 1 amide bonds. The van der Waals surface area contributed by atoms with Gasteiger partial charge in [0.25, 0.3) is 0 Å². The number of anilines is 1. The van der Waals surface area contributed by atoms with E-state index < -0.39 is 6.09 Å². The Labute approximate surface area is 122 Å². The zero-order valence-electron chi connectivity index (χ0n) is 12.3. The molecule has 0 spiro atoms. The van der Waals surface area contributed by atoms with Gasteiger partial charge in [-0.15, -0.1) is 0 Å². The number of hydrogen-bond donors (Lipinski definition) is 2. The molecule has 2 heterocycles. The number of ether oxygens (including phenoxy) is 1. The van der Waals surface area contributed by atoms with Crippen LogP contribution < -0.4 is 10.6 Å². The highest BCUT2D eigenvalue weighted by Gasteiger charge is 2.09. The van der Waals surface area contributed by atoms with Crippen LogP contribution >= 0.6 is 0 Å². The maximum absolute atomic E-state index is 11.2. The molecule has 2 rings (SSSR count). The Morgan fingerprint density at radius 1 is 1.33 bits per heavy atom. The molecule has 114 valence electrons. The van der Waals surface area contributed by atoms with Crippen molar-refractivity contribution in [2.75, 3.05) is 25.0 Å². The minimum Gasteiger partial charge on any atom is -0.450 e. The summed E-state index contributed by atoms with van der Waals surface area (Å²) in [5.74, 6) is 0.784. The SMILES string of the molecule is CCCNc1ncnc2c1cnn2CCNC(=O)OCC. The van der Waals surface area contributed by atoms with E-state index in [4.69, 9.17) is 4.74 Å². The van der Waals surface area contributed by atoms with Crippen molar-refractivity contribution in [3.05, 3.63) is 12.5 Å². The fraction of sp³-hybridized carbons (Fsp3) is 0.538. The van der Waals surface area contributed by atoms with E-state index in [1.54, 1.807) is 17.8 Å². The highest BCUT2D eigenvalue weighted by molar-refractivity contribution is 5.86. The lowest BCUT2D eigenvalue weighted by Gasteiger charge is -2.07. The van der Waals surface area contributed by atoms with Crippen molar-refractivity contribution < 1.29 is 9.53 Å². The number of rotatable bonds is 7. The van der Waals surface area contributed by atoms with Crippen LogP contribution in [0.1, 0.15) is 20.3 Å². The number of amides is 1. The van der Waals surface area contributed by atoms with Crippen LogP contribution in [0.3, 0.4) is 0 Å². The molecule has 8 nitrogen and oxygen atoms in total. The standard InChI is InChI=1S/C13H20N6O2/c1-3-5-14-11-10-8-18-19(12(10)17-9-16-11)7-6-15-13(20)21-4-2/h8-9H,3-7H2,1-2H3,(H,15,20)(H,14,16,17). The summed E-state index contributed by atoms with van der Waals surface area (Å²) in [5.41, 5.74) is 0.745. The van der Waals surface area contributed by atoms with Crippen molar-refractivity contribution in [3.8, 4) is 0 Å². The summed E-state index contributed by atoms with van der Waals surface area (Å²) in [6, 6.07) is 0. The first kappa shape index (κ1) is 15.0. The first-order valence-corrected chi connectivity index (χ1v) is 7.07. The van der Waals surface area contributed by atoms with Gasteiger partial charge in [-0.1, -0.05) is 6.92 Å². The van der Waals surface area contributed by atoms with E-state index >= 15 is 0 Å². The Hall–Kier alpha value is -2.38. The van der Waals surface area contributed by atoms with E-state index in [1.165, 1.54) is 6.33 Å². The normalized spacial score (nSPS) is 10.6. The van der Waals surface area contributed by atoms with E-state index in [2.05, 4.69) is 32.6 Å². The molecule has 0 bridgehead atoms. The van der Waals surface area contributed by atoms with Crippen LogP contribution in [0.15, 0.2) is 12.5 Å². The van der Waals surface area contributed by atoms with Gasteiger partial charge in [0.1, 0.15) is 12.1 Å². The van der Waals surface area contributed by atoms with E-state index in [0.717, 1.165) is 29.8 Å². The van der Waals surface area contributed by atoms with Gasteiger partial charge in [-0.25, -0.2) is 19.4 Å². The number of nitrogens with one attached hydrogen (secondary N) is 2. The molecule has 0 atom stereocenters. The summed E-state index contributed by atoms with van der Waals surface area (Å²) < 4.78 is 6.53. The molecule has 21 heavy (non-hydrogen) atoms. The average molecular weight is 292 g/mol. The second-order valence-corrected chi connectivity index (χ2v) is 4.40. The van der Waals surface area contributed by atoms with Crippen LogP contribution in [0.2, 0.25) is 0 Å². The number of nitrogens with zero attached hydrogens (tertiary/aromatic N) is 4. The molecule has 2 aromatic heterocycles. The first-order chi connectivity index (χ1) is 10.3. The lowest BCUT2D eigenvalue weighted by molar-refractivity contribution is 0.152. The molecule has 2 N–H and O–H groups in total. The zero-order valence-corrected chi connectivity index (χ0v) is 12.3. The largest absolute Gasteiger partial charge is 0.450 e. The van der Waals surface area contributed by atoms with Gasteiger partial charge in [0.2, 0.25) is 0 Å². The molecule has 0 saturated heterocycles. The van der Waals surface area contributed by atoms with Crippen LogP contribution in [-0.4, -0.2) is 45.5 Å². The number of alkyl carbamates (subject to hydrolysis) is 1. The Balaban J connectivity index is 2.02. The second-order valence-electron chi connectivity index (χ2n) is 4.40. The Morgan fingerprint density at radius 2 is 2.19 bits per heavy atom. The lowest BCUT2D eigenvalue weighted by Crippen LogP contribution is -2.28. The third-order valence-electron chi connectivity index (χ3n) is 2.84. The van der Waals surface area contributed by atoms with Gasteiger partial charge in [-0.2, -0.15) is 5.10 Å². The average Bonchev–Trinajstić information content (AvgIpc) is 2.89. The number of aromatic nitrogens is 4. The van der Waals surface area contributed by atoms with Gasteiger partial charge in [0.05, 0.1) is 24.7 Å². The smallest absolute Gasteiger partial charge is 0.407 e. The van der Waals surface area contributed by atoms with Crippen molar-refractivity contribution >= 4 is 22.9 Å². The van der Waals surface area contributed by atoms with E-state index in [9.17, 15) is 4.79 Å². The van der Waals surface area contributed by atoms with Gasteiger partial charge in [0, 0.05) is 13.1 Å². The fourth-order valence-electron chi connectivity index (χ4n) is 1.89. The van der Waals surface area contributed by atoms with E-state index in [0.29, 0.717) is 19.7 Å². The Morgan fingerprint density at radius 3 is 2.95 bits per heavy atom. The molecule has 0 unspecified atom stereocenters. The van der Waals surface area contributed by atoms with E-state index in [1.807, 2.05) is 0 Å². The summed E-state index contributed by atoms with van der Waals surface area (Å²) in [6.45, 7) is 6.01. The highest BCUT2D eigenvalue weighted by atomic mass is 16.5. The third kappa shape index (κ3) is 3.80. The minimum atomic E-state index is -0.422. The van der Waals surface area contributed by atoms with Crippen molar-refractivity contribution in [3.63, 3.8) is 0 Å². The monoisotopic (exact) mass is 292 g/mol. The zero-order chi connectivity index (χ0) is 15.1. The summed E-state index contributed by atoms with van der Waals surface area (Å²) in [7, 11) is 0. The molecule has 0 saturated carbocycles. The predicted octanol–water partition coefficient (Wildman–Crippen LogP) is 1.39. The Bertz CT molecular complexity index is 597. The van der Waals surface area contributed by atoms with Crippen molar-refractivity contribution in [1.82, 2.24) is 25.1 Å². The molecule has 0 fully saturated rings. The molecule has 0 aliphatic heterocycles. The molecule has 0 aliphatic rings. The number of fused-ring (bicyclic) bond motifs is 1. The van der Waals surface area contributed by atoms with Gasteiger partial charge in [-0.3, -0.25) is 0 Å². The van der Waals surface area contributed by atoms with Crippen molar-refractivity contribution in [1.29, 1.82) is 0 Å². The van der Waals surface area contributed by atoms with Gasteiger partial charge < -0.3 is 15.4 Å². The lowest BCUT2D eigenvalue weighted by atomic mass is 10.3. The van der Waals surface area contributed by atoms with Crippen LogP contribution in [0.25, 0.3) is 11.0 Å². The summed E-state index contributed by atoms with van der Waals surface area (Å²) in [6.07, 6.45) is 3.84. The maximum atomic E-state index is 11.2. The summed E-state index contributed by atoms with van der Waals surface area (Å²) in [4.78, 5) is 19.7. The molecule has 0 radical (unpaired) electrons. The maximum Gasteiger partial charge on any atom is 0.407 e. The predicted molar refractivity (Wildman–Crippen MR) is 79.1 cm³/mol. The molecule has 8 heteroatoms. The van der Waals surface area contributed by atoms with Crippen molar-refractivity contribution in [2.45, 2.75) is 26.8 Å². The molecule has 0 aromatic carbocycles. The van der Waals surface area contributed by atoms with Crippen LogP contribution in [0, 0.1) is 0 Å². The number of hydrogen-bond acceptors (Lipinski definition) is 6. The fourth-order valence-corrected chi connectivity index (χ4v) is 1.89. The number of carbonyl (C=O) groups excluding carboxylic acids is 1. The molecule has 0 aliphatic carbocycles. The number of carbonyl (C=O) groups is 1. The Kier molecular flexibility index (Phi) is 5.30. The van der Waals surface area contributed by atoms with Crippen LogP contribution in [0.4, 0.5) is 10.6 Å². The van der Waals surface area contributed by atoms with Gasteiger partial charge >= 0.3 is 6.09 Å². The van der Waals surface area contributed by atoms with Crippen molar-refractivity contribution in [2.24, 2.45) is 0 Å². The summed E-state index contributed by atoms with van der Waals surface area (Å²) >= 11 is 0. The third-order valence-corrected chi connectivity index (χ3v) is 2.84. The van der Waals surface area contributed by atoms with Gasteiger partial charge in [-0.05, 0) is 13.3 Å². The van der Waals surface area contributed by atoms with E-state index in [-0.39, 0.29) is 0 Å². The first-order valence-electron chi connectivity index (χ1n) is 7.07. The molecular weight excluding hydrogens is 272 g/mol. The summed E-state index contributed by atoms with van der Waals surface area (Å²) in [5, 5.41) is 11.1. The van der Waals surface area contributed by atoms with Crippen LogP contribution in [-0.2, 0) is 11.3 Å². The minimum absolute atomic E-state index is 0.357. The second kappa shape index (κ2) is 7.41. The highest BCUT2D eigenvalue weighted by Crippen LogP contribution is 2.18.